The van der Waals surface area contributed by atoms with Gasteiger partial charge in [0.2, 0.25) is 0 Å². The molecule has 2 bridgehead atoms. The number of ether oxygens (including phenoxy) is 1. The monoisotopic (exact) mass is 470 g/mol. The zero-order valence-corrected chi connectivity index (χ0v) is 22.3. The second kappa shape index (κ2) is 6.69. The number of ketones is 1. The van der Waals surface area contributed by atoms with E-state index in [-0.39, 0.29) is 39.0 Å². The van der Waals surface area contributed by atoms with Crippen molar-refractivity contribution in [3.8, 4) is 0 Å². The van der Waals surface area contributed by atoms with Crippen molar-refractivity contribution in [3.05, 3.63) is 0 Å². The fraction of sp³-hybridized carbons (Fsp3) is 0.933. The Morgan fingerprint density at radius 1 is 0.794 bits per heavy atom. The number of carbonyl (C=O) groups is 2. The second-order valence-electron chi connectivity index (χ2n) is 15.1. The highest BCUT2D eigenvalue weighted by Gasteiger charge is 2.74. The van der Waals surface area contributed by atoms with Crippen molar-refractivity contribution in [1.82, 2.24) is 0 Å². The fourth-order valence-electron chi connectivity index (χ4n) is 11.7. The summed E-state index contributed by atoms with van der Waals surface area (Å²) in [5.74, 6) is 2.04. The lowest BCUT2D eigenvalue weighted by molar-refractivity contribution is -0.282. The van der Waals surface area contributed by atoms with E-state index in [4.69, 9.17) is 4.74 Å². The molecule has 34 heavy (non-hydrogen) atoms. The van der Waals surface area contributed by atoms with Crippen LogP contribution in [0.4, 0.5) is 0 Å². The molecule has 2 heterocycles. The van der Waals surface area contributed by atoms with Gasteiger partial charge in [-0.25, -0.2) is 0 Å². The van der Waals surface area contributed by atoms with E-state index in [0.717, 1.165) is 57.8 Å². The Kier molecular flexibility index (Phi) is 4.63. The lowest BCUT2D eigenvalue weighted by Gasteiger charge is -2.75. The van der Waals surface area contributed by atoms with Crippen molar-refractivity contribution in [2.45, 2.75) is 112 Å². The van der Waals surface area contributed by atoms with Gasteiger partial charge in [0.15, 0.2) is 0 Å². The molecule has 4 heteroatoms. The predicted octanol–water partition coefficient (Wildman–Crippen LogP) is 5.94. The maximum atomic E-state index is 13.0. The summed E-state index contributed by atoms with van der Waals surface area (Å²) < 4.78 is 5.88. The third kappa shape index (κ3) is 2.46. The number of esters is 1. The SMILES string of the molecule is CC1C(=O)CCC2C1(C)CCC1C2(C)CCC2(C)C3CC4(C)CCC3(COC4=O)C(O)CC12C. The van der Waals surface area contributed by atoms with Crippen LogP contribution < -0.4 is 0 Å². The molecule has 0 aromatic carbocycles. The molecule has 0 radical (unpaired) electrons. The zero-order chi connectivity index (χ0) is 24.5. The van der Waals surface area contributed by atoms with Gasteiger partial charge in [-0.3, -0.25) is 9.59 Å². The third-order valence-corrected chi connectivity index (χ3v) is 14.3. The third-order valence-electron chi connectivity index (χ3n) is 14.3. The van der Waals surface area contributed by atoms with E-state index in [1.165, 1.54) is 6.42 Å². The van der Waals surface area contributed by atoms with Crippen LogP contribution in [0.1, 0.15) is 106 Å². The van der Waals surface area contributed by atoms with E-state index in [2.05, 4.69) is 41.5 Å². The van der Waals surface area contributed by atoms with E-state index in [0.29, 0.717) is 30.1 Å². The minimum Gasteiger partial charge on any atom is -0.465 e. The van der Waals surface area contributed by atoms with E-state index in [1.807, 2.05) is 0 Å². The molecule has 2 aliphatic heterocycles. The number of fused-ring (bicyclic) bond motifs is 8. The molecule has 5 saturated carbocycles. The number of hydrogen-bond acceptors (Lipinski definition) is 4. The predicted molar refractivity (Wildman–Crippen MR) is 131 cm³/mol. The van der Waals surface area contributed by atoms with Crippen LogP contribution in [0.25, 0.3) is 0 Å². The average Bonchev–Trinajstić information content (AvgIpc) is 2.98. The maximum absolute atomic E-state index is 13.0. The number of hydrogen-bond donors (Lipinski definition) is 1. The fourth-order valence-corrected chi connectivity index (χ4v) is 11.7. The Hall–Kier alpha value is -0.900. The quantitative estimate of drug-likeness (QED) is 0.445. The summed E-state index contributed by atoms with van der Waals surface area (Å²) >= 11 is 0. The van der Waals surface area contributed by atoms with Gasteiger partial charge in [0, 0.05) is 17.8 Å². The van der Waals surface area contributed by atoms with Crippen molar-refractivity contribution in [2.75, 3.05) is 6.61 Å². The topological polar surface area (TPSA) is 63.6 Å². The molecular weight excluding hydrogens is 424 g/mol. The normalized spacial score (nSPS) is 60.9. The Morgan fingerprint density at radius 2 is 1.53 bits per heavy atom. The van der Waals surface area contributed by atoms with Crippen LogP contribution in [0.3, 0.4) is 0 Å². The number of Topliss-reactive ketones (excluding diaryl/α,β-unsaturated/α-hetero) is 1. The van der Waals surface area contributed by atoms with Gasteiger partial charge in [-0.1, -0.05) is 34.6 Å². The molecule has 190 valence electrons. The minimum absolute atomic E-state index is 0.0330. The largest absolute Gasteiger partial charge is 0.465 e. The van der Waals surface area contributed by atoms with Crippen molar-refractivity contribution in [3.63, 3.8) is 0 Å². The zero-order valence-electron chi connectivity index (χ0n) is 22.3. The summed E-state index contributed by atoms with van der Waals surface area (Å²) in [6.45, 7) is 14.7. The molecule has 0 aromatic heterocycles. The Labute approximate surface area is 206 Å². The number of rotatable bonds is 0. The van der Waals surface area contributed by atoms with Crippen LogP contribution in [-0.4, -0.2) is 29.6 Å². The summed E-state index contributed by atoms with van der Waals surface area (Å²) in [6.07, 6.45) is 9.47. The molecular formula is C30H46O4. The van der Waals surface area contributed by atoms with Gasteiger partial charge >= 0.3 is 5.97 Å². The highest BCUT2D eigenvalue weighted by atomic mass is 16.5. The first-order valence-corrected chi connectivity index (χ1v) is 14.1. The Morgan fingerprint density at radius 3 is 2.26 bits per heavy atom. The summed E-state index contributed by atoms with van der Waals surface area (Å²) in [7, 11) is 0. The van der Waals surface area contributed by atoms with Crippen LogP contribution in [0, 0.1) is 56.2 Å². The molecule has 1 spiro atoms. The summed E-state index contributed by atoms with van der Waals surface area (Å²) in [5.41, 5.74) is -0.241. The van der Waals surface area contributed by atoms with Gasteiger partial charge < -0.3 is 9.84 Å². The number of aliphatic hydroxyl groups is 1. The molecule has 7 aliphatic rings. The van der Waals surface area contributed by atoms with Gasteiger partial charge in [-0.05, 0) is 104 Å². The average molecular weight is 471 g/mol. The molecule has 0 aromatic rings. The summed E-state index contributed by atoms with van der Waals surface area (Å²) in [5, 5.41) is 11.9. The number of carbonyl (C=O) groups excluding carboxylic acids is 2. The van der Waals surface area contributed by atoms with Gasteiger partial charge in [0.05, 0.1) is 18.1 Å². The molecule has 7 fully saturated rings. The highest BCUT2D eigenvalue weighted by Crippen LogP contribution is 2.78. The molecule has 0 amide bonds. The number of aliphatic hydroxyl groups excluding tert-OH is 1. The summed E-state index contributed by atoms with van der Waals surface area (Å²) in [6, 6.07) is 0. The van der Waals surface area contributed by atoms with E-state index in [9.17, 15) is 14.7 Å². The first kappa shape index (κ1) is 23.5. The van der Waals surface area contributed by atoms with Gasteiger partial charge in [-0.2, -0.15) is 0 Å². The van der Waals surface area contributed by atoms with Crippen molar-refractivity contribution in [2.24, 2.45) is 56.2 Å². The van der Waals surface area contributed by atoms with E-state index >= 15 is 0 Å². The van der Waals surface area contributed by atoms with Gasteiger partial charge in [0.1, 0.15) is 5.78 Å². The summed E-state index contributed by atoms with van der Waals surface area (Å²) in [4.78, 5) is 25.7. The van der Waals surface area contributed by atoms with E-state index in [1.54, 1.807) is 0 Å². The van der Waals surface area contributed by atoms with Crippen LogP contribution in [-0.2, 0) is 14.3 Å². The lowest BCUT2D eigenvalue weighted by Crippen LogP contribution is -2.71. The Bertz CT molecular complexity index is 944. The molecule has 7 rings (SSSR count). The second-order valence-corrected chi connectivity index (χ2v) is 15.1. The van der Waals surface area contributed by atoms with Crippen LogP contribution in [0.5, 0.6) is 0 Å². The van der Waals surface area contributed by atoms with Crippen LogP contribution in [0.2, 0.25) is 0 Å². The molecule has 1 N–H and O–H groups in total. The van der Waals surface area contributed by atoms with Crippen LogP contribution >= 0.6 is 0 Å². The van der Waals surface area contributed by atoms with Gasteiger partial charge in [-0.15, -0.1) is 0 Å². The van der Waals surface area contributed by atoms with Gasteiger partial charge in [0.25, 0.3) is 0 Å². The maximum Gasteiger partial charge on any atom is 0.311 e. The molecule has 11 unspecified atom stereocenters. The molecule has 4 nitrogen and oxygen atoms in total. The van der Waals surface area contributed by atoms with Crippen molar-refractivity contribution < 1.29 is 19.4 Å². The first-order valence-electron chi connectivity index (χ1n) is 14.1. The minimum atomic E-state index is -0.409. The Balaban J connectivity index is 1.44. The van der Waals surface area contributed by atoms with Crippen molar-refractivity contribution in [1.29, 1.82) is 0 Å². The first-order chi connectivity index (χ1) is 15.8. The lowest BCUT2D eigenvalue weighted by atomic mass is 9.29. The highest BCUT2D eigenvalue weighted by molar-refractivity contribution is 5.82. The smallest absolute Gasteiger partial charge is 0.311 e. The molecule has 11 atom stereocenters. The van der Waals surface area contributed by atoms with Crippen molar-refractivity contribution >= 4 is 11.8 Å². The molecule has 5 aliphatic carbocycles. The van der Waals surface area contributed by atoms with Crippen LogP contribution in [0.15, 0.2) is 0 Å². The van der Waals surface area contributed by atoms with E-state index < -0.39 is 11.5 Å². The standard InChI is InChI=1S/C30H46O4/c1-18-19(31)7-8-20-26(18,3)10-9-21-27(20,4)12-13-28(5)22-15-25(2)11-14-30(22,17-34-24(25)33)23(32)16-29(21,28)6/h18,20-23,32H,7-17H2,1-6H3. The molecule has 2 saturated heterocycles.